The summed E-state index contributed by atoms with van der Waals surface area (Å²) in [4.78, 5) is 21.4. The Hall–Kier alpha value is -4.13. The van der Waals surface area contributed by atoms with E-state index in [1.54, 1.807) is 18.5 Å². The van der Waals surface area contributed by atoms with Crippen LogP contribution in [0.1, 0.15) is 73.7 Å². The highest BCUT2D eigenvalue weighted by Crippen LogP contribution is 2.59. The molecule has 4 heterocycles. The Morgan fingerprint density at radius 2 is 1.91 bits per heavy atom. The molecule has 1 aromatic carbocycles. The zero-order valence-electron chi connectivity index (χ0n) is 23.5. The topological polar surface area (TPSA) is 108 Å². The summed E-state index contributed by atoms with van der Waals surface area (Å²) in [6.07, 6.45) is 4.61. The van der Waals surface area contributed by atoms with Gasteiger partial charge in [-0.15, -0.1) is 0 Å². The molecule has 1 atom stereocenters. The second kappa shape index (κ2) is 11.5. The van der Waals surface area contributed by atoms with E-state index in [4.69, 9.17) is 14.4 Å². The van der Waals surface area contributed by atoms with Crippen molar-refractivity contribution in [3.05, 3.63) is 77.1 Å². The van der Waals surface area contributed by atoms with Crippen molar-refractivity contribution in [3.8, 4) is 11.1 Å². The number of halogens is 4. The molecule has 1 saturated heterocycles. The Kier molecular flexibility index (Phi) is 7.75. The Bertz CT molecular complexity index is 1600. The van der Waals surface area contributed by atoms with Gasteiger partial charge in [-0.2, -0.15) is 18.3 Å². The summed E-state index contributed by atoms with van der Waals surface area (Å²) >= 11 is 0. The molecule has 226 valence electrons. The molecule has 0 bridgehead atoms. The number of anilines is 1. The van der Waals surface area contributed by atoms with E-state index < -0.39 is 23.3 Å². The fourth-order valence-corrected chi connectivity index (χ4v) is 5.34. The third-order valence-electron chi connectivity index (χ3n) is 8.01. The number of alkyl halides is 3. The summed E-state index contributed by atoms with van der Waals surface area (Å²) in [5.41, 5.74) is 1.22. The van der Waals surface area contributed by atoms with Gasteiger partial charge >= 0.3 is 6.18 Å². The lowest BCUT2D eigenvalue weighted by molar-refractivity contribution is -0.165. The van der Waals surface area contributed by atoms with Gasteiger partial charge < -0.3 is 14.6 Å². The van der Waals surface area contributed by atoms with E-state index in [2.05, 4.69) is 27.4 Å². The zero-order chi connectivity index (χ0) is 30.2. The summed E-state index contributed by atoms with van der Waals surface area (Å²) in [6.45, 7) is 2.79. The minimum absolute atomic E-state index is 0.0478. The highest BCUT2D eigenvalue weighted by molar-refractivity contribution is 5.91. The first kappa shape index (κ1) is 29.0. The third-order valence-corrected chi connectivity index (χ3v) is 8.01. The Labute approximate surface area is 244 Å². The molecule has 1 amide bonds. The fraction of sp³-hybridized carbons (Fsp3) is 0.433. The molecule has 0 spiro atoms. The second-order valence-corrected chi connectivity index (χ2v) is 11.0. The molecule has 43 heavy (non-hydrogen) atoms. The van der Waals surface area contributed by atoms with Crippen molar-refractivity contribution in [2.24, 2.45) is 0 Å². The number of aromatic nitrogens is 5. The second-order valence-electron chi connectivity index (χ2n) is 11.0. The van der Waals surface area contributed by atoms with Gasteiger partial charge in [0.2, 0.25) is 5.91 Å². The Balaban J connectivity index is 1.08. The van der Waals surface area contributed by atoms with Gasteiger partial charge in [-0.1, -0.05) is 24.2 Å². The molecular weight excluding hydrogens is 568 g/mol. The molecule has 2 fully saturated rings. The van der Waals surface area contributed by atoms with E-state index >= 15 is 0 Å². The van der Waals surface area contributed by atoms with E-state index in [9.17, 15) is 22.4 Å². The predicted molar refractivity (Wildman–Crippen MR) is 146 cm³/mol. The molecule has 2 aliphatic rings. The van der Waals surface area contributed by atoms with Gasteiger partial charge in [0.05, 0.1) is 12.1 Å². The molecule has 1 saturated carbocycles. The maximum Gasteiger partial charge on any atom is 0.401 e. The lowest BCUT2D eigenvalue weighted by Gasteiger charge is -2.22. The number of nitrogens with one attached hydrogen (secondary N) is 1. The first-order chi connectivity index (χ1) is 20.6. The number of amides is 1. The molecule has 1 aliphatic heterocycles. The van der Waals surface area contributed by atoms with Crippen molar-refractivity contribution in [1.82, 2.24) is 24.9 Å². The number of benzene rings is 1. The molecule has 6 rings (SSSR count). The van der Waals surface area contributed by atoms with Crippen LogP contribution in [0.3, 0.4) is 0 Å². The number of rotatable bonds is 9. The van der Waals surface area contributed by atoms with Gasteiger partial charge in [0.1, 0.15) is 23.3 Å². The number of carbonyl (C=O) groups is 1. The maximum atomic E-state index is 14.9. The highest BCUT2D eigenvalue weighted by Gasteiger charge is 2.66. The molecule has 13 heteroatoms. The van der Waals surface area contributed by atoms with Crippen LogP contribution in [0, 0.1) is 5.82 Å². The van der Waals surface area contributed by atoms with Gasteiger partial charge in [0.25, 0.3) is 0 Å². The normalized spacial score (nSPS) is 18.0. The monoisotopic (exact) mass is 598 g/mol. The SMILES string of the molecule is CCc1nn(C2CCCCO2)cc1Cc1ncc(-c2ccc(CC(=O)Nc3cc(C4(C(F)(F)F)CC4)on3)c(F)c2)cn1. The van der Waals surface area contributed by atoms with Crippen LogP contribution in [-0.2, 0) is 34.2 Å². The summed E-state index contributed by atoms with van der Waals surface area (Å²) < 4.78 is 67.5. The van der Waals surface area contributed by atoms with Crippen molar-refractivity contribution in [3.63, 3.8) is 0 Å². The maximum absolute atomic E-state index is 14.9. The first-order valence-corrected chi connectivity index (χ1v) is 14.3. The van der Waals surface area contributed by atoms with Crippen molar-refractivity contribution < 1.29 is 31.6 Å². The van der Waals surface area contributed by atoms with Gasteiger partial charge in [0.15, 0.2) is 11.6 Å². The van der Waals surface area contributed by atoms with Crippen LogP contribution in [0.15, 0.2) is 47.4 Å². The van der Waals surface area contributed by atoms with Gasteiger partial charge in [-0.05, 0) is 55.7 Å². The smallest absolute Gasteiger partial charge is 0.358 e. The van der Waals surface area contributed by atoms with Crippen LogP contribution in [0.25, 0.3) is 11.1 Å². The van der Waals surface area contributed by atoms with Gasteiger partial charge in [0, 0.05) is 48.8 Å². The van der Waals surface area contributed by atoms with Crippen molar-refractivity contribution in [2.75, 3.05) is 11.9 Å². The predicted octanol–water partition coefficient (Wildman–Crippen LogP) is 6.09. The molecule has 1 aliphatic carbocycles. The van der Waals surface area contributed by atoms with Crippen LogP contribution >= 0.6 is 0 Å². The largest absolute Gasteiger partial charge is 0.401 e. The fourth-order valence-electron chi connectivity index (χ4n) is 5.34. The minimum Gasteiger partial charge on any atom is -0.358 e. The molecule has 1 N–H and O–H groups in total. The number of hydrogen-bond donors (Lipinski definition) is 1. The quantitative estimate of drug-likeness (QED) is 0.232. The minimum atomic E-state index is -4.46. The van der Waals surface area contributed by atoms with Crippen molar-refractivity contribution >= 4 is 11.7 Å². The molecule has 4 aromatic rings. The third kappa shape index (κ3) is 6.03. The van der Waals surface area contributed by atoms with E-state index in [-0.39, 0.29) is 42.6 Å². The van der Waals surface area contributed by atoms with Crippen molar-refractivity contribution in [2.45, 2.75) is 76.1 Å². The number of hydrogen-bond acceptors (Lipinski definition) is 7. The molecule has 0 radical (unpaired) electrons. The van der Waals surface area contributed by atoms with E-state index in [0.29, 0.717) is 23.4 Å². The summed E-state index contributed by atoms with van der Waals surface area (Å²) in [5, 5.41) is 10.6. The molecule has 9 nitrogen and oxygen atoms in total. The summed E-state index contributed by atoms with van der Waals surface area (Å²) in [7, 11) is 0. The number of aryl methyl sites for hydroxylation is 1. The van der Waals surface area contributed by atoms with Gasteiger partial charge in [-0.3, -0.25) is 4.79 Å². The summed E-state index contributed by atoms with van der Waals surface area (Å²) in [6, 6.07) is 5.49. The highest BCUT2D eigenvalue weighted by atomic mass is 19.4. The van der Waals surface area contributed by atoms with E-state index in [1.165, 1.54) is 12.1 Å². The van der Waals surface area contributed by atoms with Crippen molar-refractivity contribution in [1.29, 1.82) is 0 Å². The molecule has 3 aromatic heterocycles. The van der Waals surface area contributed by atoms with Crippen LogP contribution in [-0.4, -0.2) is 43.6 Å². The Morgan fingerprint density at radius 1 is 1.12 bits per heavy atom. The average Bonchev–Trinajstić information content (AvgIpc) is 3.54. The standard InChI is InChI=1S/C30H30F4N6O3/c1-2-23-20(17-40(38-23)28-5-3-4-10-42-28)12-25-35-15-21(16-36-25)18-6-7-19(22(31)11-18)13-27(41)37-26-14-24(43-39-26)29(8-9-29)30(32,33)34/h6-7,11,14-17,28H,2-5,8-10,12-13H2,1H3,(H,37,39,41). The number of ether oxygens (including phenoxy) is 1. The first-order valence-electron chi connectivity index (χ1n) is 14.3. The average molecular weight is 599 g/mol. The van der Waals surface area contributed by atoms with E-state index in [1.807, 2.05) is 10.9 Å². The van der Waals surface area contributed by atoms with Crippen LogP contribution in [0.4, 0.5) is 23.4 Å². The van der Waals surface area contributed by atoms with Crippen LogP contribution in [0.2, 0.25) is 0 Å². The number of carbonyl (C=O) groups excluding carboxylic acids is 1. The van der Waals surface area contributed by atoms with Crippen LogP contribution < -0.4 is 5.32 Å². The number of nitrogens with zero attached hydrogens (tertiary/aromatic N) is 5. The van der Waals surface area contributed by atoms with Gasteiger partial charge in [-0.25, -0.2) is 19.0 Å². The molecular formula is C30H30F4N6O3. The van der Waals surface area contributed by atoms with E-state index in [0.717, 1.165) is 49.6 Å². The summed E-state index contributed by atoms with van der Waals surface area (Å²) in [5.74, 6) is -1.13. The Morgan fingerprint density at radius 3 is 2.56 bits per heavy atom. The molecule has 1 unspecified atom stereocenters. The van der Waals surface area contributed by atoms with Crippen LogP contribution in [0.5, 0.6) is 0 Å². The lowest BCUT2D eigenvalue weighted by atomic mass is 10.0. The lowest BCUT2D eigenvalue weighted by Crippen LogP contribution is -2.28. The zero-order valence-corrected chi connectivity index (χ0v) is 23.5.